The predicted octanol–water partition coefficient (Wildman–Crippen LogP) is 4.92. The first-order valence-corrected chi connectivity index (χ1v) is 10.9. The van der Waals surface area contributed by atoms with Gasteiger partial charge in [0.05, 0.1) is 19.2 Å². The zero-order chi connectivity index (χ0) is 27.8. The summed E-state index contributed by atoms with van der Waals surface area (Å²) >= 11 is 0. The summed E-state index contributed by atoms with van der Waals surface area (Å²) in [5, 5.41) is 0.209. The number of ether oxygens (including phenoxy) is 3. The Hall–Kier alpha value is -4.10. The van der Waals surface area contributed by atoms with E-state index in [1.807, 2.05) is 0 Å². The summed E-state index contributed by atoms with van der Waals surface area (Å²) in [7, 11) is 1.08. The SMILES string of the molecule is COc1ccc(F)c(C(=O)N2CCC(F)(F)[C@@H](Oc3nc4ccccc4cc3OC(=O)C(F)(F)F)C2)c1F. The molecule has 0 N–H and O–H groups in total. The normalized spacial score (nSPS) is 17.3. The lowest BCUT2D eigenvalue weighted by molar-refractivity contribution is -0.190. The van der Waals surface area contributed by atoms with Gasteiger partial charge in [-0.15, -0.1) is 0 Å². The number of para-hydroxylation sites is 1. The van der Waals surface area contributed by atoms with E-state index in [0.29, 0.717) is 4.90 Å². The van der Waals surface area contributed by atoms with Crippen molar-refractivity contribution in [3.05, 3.63) is 59.7 Å². The van der Waals surface area contributed by atoms with Crippen LogP contribution >= 0.6 is 0 Å². The fraction of sp³-hybridized carbons (Fsp3) is 0.292. The molecular weight excluding hydrogens is 529 g/mol. The van der Waals surface area contributed by atoms with E-state index in [1.165, 1.54) is 24.3 Å². The van der Waals surface area contributed by atoms with Crippen LogP contribution in [0.25, 0.3) is 10.9 Å². The number of alkyl halides is 5. The monoisotopic (exact) mass is 546 g/mol. The molecule has 1 atom stereocenters. The second-order valence-electron chi connectivity index (χ2n) is 8.18. The second kappa shape index (κ2) is 9.99. The molecule has 1 amide bonds. The number of esters is 1. The van der Waals surface area contributed by atoms with Gasteiger partial charge in [-0.3, -0.25) is 4.79 Å². The maximum Gasteiger partial charge on any atom is 0.491 e. The number of hydrogen-bond donors (Lipinski definition) is 0. The molecule has 1 aliphatic heterocycles. The van der Waals surface area contributed by atoms with Gasteiger partial charge < -0.3 is 19.1 Å². The lowest BCUT2D eigenvalue weighted by Crippen LogP contribution is -2.55. The molecular formula is C24H17F7N2O5. The number of piperidine rings is 1. The third-order valence-corrected chi connectivity index (χ3v) is 5.69. The molecule has 4 rings (SSSR count). The minimum Gasteiger partial charge on any atom is -0.494 e. The average Bonchev–Trinajstić information content (AvgIpc) is 2.85. The number of pyridine rings is 1. The maximum absolute atomic E-state index is 14.8. The first-order valence-electron chi connectivity index (χ1n) is 10.9. The molecule has 0 unspecified atom stereocenters. The molecule has 0 aliphatic carbocycles. The van der Waals surface area contributed by atoms with Crippen LogP contribution in [0.15, 0.2) is 42.5 Å². The van der Waals surface area contributed by atoms with Crippen molar-refractivity contribution in [2.24, 2.45) is 0 Å². The number of fused-ring (bicyclic) bond motifs is 1. The van der Waals surface area contributed by atoms with Gasteiger partial charge in [0, 0.05) is 18.4 Å². The first-order chi connectivity index (χ1) is 17.8. The number of hydrogen-bond acceptors (Lipinski definition) is 6. The first kappa shape index (κ1) is 26.9. The Bertz CT molecular complexity index is 1400. The molecule has 202 valence electrons. The summed E-state index contributed by atoms with van der Waals surface area (Å²) in [6.45, 7) is -1.55. The van der Waals surface area contributed by atoms with E-state index in [0.717, 1.165) is 25.3 Å². The molecule has 38 heavy (non-hydrogen) atoms. The van der Waals surface area contributed by atoms with Gasteiger partial charge in [0.25, 0.3) is 17.7 Å². The number of halogens is 7. The van der Waals surface area contributed by atoms with Gasteiger partial charge in [-0.05, 0) is 24.3 Å². The molecule has 1 aromatic heterocycles. The van der Waals surface area contributed by atoms with E-state index in [9.17, 15) is 40.3 Å². The molecule has 14 heteroatoms. The third-order valence-electron chi connectivity index (χ3n) is 5.69. The summed E-state index contributed by atoms with van der Waals surface area (Å²) < 4.78 is 111. The summed E-state index contributed by atoms with van der Waals surface area (Å²) in [4.78, 5) is 28.9. The number of rotatable bonds is 5. The van der Waals surface area contributed by atoms with Crippen molar-refractivity contribution in [2.75, 3.05) is 20.2 Å². The number of likely N-dealkylation sites (tertiary alicyclic amines) is 1. The van der Waals surface area contributed by atoms with Gasteiger partial charge in [-0.25, -0.2) is 27.3 Å². The van der Waals surface area contributed by atoms with Gasteiger partial charge in [-0.2, -0.15) is 13.2 Å². The maximum atomic E-state index is 14.8. The summed E-state index contributed by atoms with van der Waals surface area (Å²) in [5.74, 6) is -12.4. The van der Waals surface area contributed by atoms with Crippen molar-refractivity contribution in [1.29, 1.82) is 0 Å². The van der Waals surface area contributed by atoms with Gasteiger partial charge in [-0.1, -0.05) is 18.2 Å². The Morgan fingerprint density at radius 1 is 1.08 bits per heavy atom. The zero-order valence-corrected chi connectivity index (χ0v) is 19.3. The topological polar surface area (TPSA) is 78.0 Å². The van der Waals surface area contributed by atoms with Crippen LogP contribution in [0.1, 0.15) is 16.8 Å². The fourth-order valence-electron chi connectivity index (χ4n) is 3.75. The Balaban J connectivity index is 1.67. The van der Waals surface area contributed by atoms with E-state index >= 15 is 0 Å². The van der Waals surface area contributed by atoms with E-state index in [1.54, 1.807) is 0 Å². The molecule has 1 aliphatic rings. The van der Waals surface area contributed by atoms with Crippen molar-refractivity contribution >= 4 is 22.8 Å². The molecule has 0 saturated carbocycles. The minimum atomic E-state index is -5.41. The lowest BCUT2D eigenvalue weighted by Gasteiger charge is -2.38. The van der Waals surface area contributed by atoms with Crippen LogP contribution in [0.2, 0.25) is 0 Å². The van der Waals surface area contributed by atoms with Crippen LogP contribution in [0.5, 0.6) is 17.4 Å². The van der Waals surface area contributed by atoms with E-state index in [4.69, 9.17) is 9.47 Å². The highest BCUT2D eigenvalue weighted by Gasteiger charge is 2.49. The Morgan fingerprint density at radius 2 is 1.79 bits per heavy atom. The van der Waals surface area contributed by atoms with Crippen molar-refractivity contribution in [2.45, 2.75) is 24.6 Å². The predicted molar refractivity (Wildman–Crippen MR) is 116 cm³/mol. The molecule has 2 aromatic carbocycles. The highest BCUT2D eigenvalue weighted by molar-refractivity contribution is 5.95. The van der Waals surface area contributed by atoms with Gasteiger partial charge >= 0.3 is 12.1 Å². The van der Waals surface area contributed by atoms with Gasteiger partial charge in [0.15, 0.2) is 23.4 Å². The molecule has 0 bridgehead atoms. The van der Waals surface area contributed by atoms with Gasteiger partial charge in [0.1, 0.15) is 11.4 Å². The average molecular weight is 546 g/mol. The Kier molecular flexibility index (Phi) is 7.08. The Labute approximate surface area is 209 Å². The smallest absolute Gasteiger partial charge is 0.491 e. The Morgan fingerprint density at radius 3 is 2.47 bits per heavy atom. The number of nitrogens with zero attached hydrogens (tertiary/aromatic N) is 2. The van der Waals surface area contributed by atoms with E-state index in [-0.39, 0.29) is 10.9 Å². The summed E-state index contributed by atoms with van der Waals surface area (Å²) in [6.07, 6.45) is -8.65. The van der Waals surface area contributed by atoms with Crippen LogP contribution < -0.4 is 14.2 Å². The van der Waals surface area contributed by atoms with Crippen molar-refractivity contribution in [1.82, 2.24) is 9.88 Å². The third kappa shape index (κ3) is 5.29. The number of aromatic nitrogens is 1. The van der Waals surface area contributed by atoms with Gasteiger partial charge in [0.2, 0.25) is 0 Å². The van der Waals surface area contributed by atoms with Crippen molar-refractivity contribution in [3.63, 3.8) is 0 Å². The number of methoxy groups -OCH3 is 1. The number of amides is 1. The van der Waals surface area contributed by atoms with E-state index < -0.39 is 84.2 Å². The molecule has 0 radical (unpaired) electrons. The van der Waals surface area contributed by atoms with Crippen LogP contribution in [-0.4, -0.2) is 60.2 Å². The largest absolute Gasteiger partial charge is 0.494 e. The zero-order valence-electron chi connectivity index (χ0n) is 19.3. The molecule has 2 heterocycles. The lowest BCUT2D eigenvalue weighted by atomic mass is 10.0. The number of carbonyl (C=O) groups is 2. The van der Waals surface area contributed by atoms with Crippen molar-refractivity contribution in [3.8, 4) is 17.4 Å². The van der Waals surface area contributed by atoms with Crippen LogP contribution in [0, 0.1) is 11.6 Å². The molecule has 1 fully saturated rings. The highest BCUT2D eigenvalue weighted by atomic mass is 19.4. The molecule has 0 spiro atoms. The number of carbonyl (C=O) groups excluding carboxylic acids is 2. The van der Waals surface area contributed by atoms with Crippen molar-refractivity contribution < 1.29 is 54.5 Å². The van der Waals surface area contributed by atoms with Crippen LogP contribution in [0.3, 0.4) is 0 Å². The van der Waals surface area contributed by atoms with Crippen LogP contribution in [0.4, 0.5) is 30.7 Å². The van der Waals surface area contributed by atoms with Crippen LogP contribution in [-0.2, 0) is 4.79 Å². The highest BCUT2D eigenvalue weighted by Crippen LogP contribution is 2.37. The summed E-state index contributed by atoms with van der Waals surface area (Å²) in [6, 6.07) is 8.49. The summed E-state index contributed by atoms with van der Waals surface area (Å²) in [5.41, 5.74) is -0.932. The molecule has 7 nitrogen and oxygen atoms in total. The molecule has 1 saturated heterocycles. The standard InChI is InChI=1S/C24H17F7N2O5/c1-36-15-7-6-13(25)18(19(15)26)21(34)33-9-8-23(27,28)17(11-33)38-20-16(37-22(35)24(29,30)31)10-12-4-2-3-5-14(12)32-20/h2-7,10,17H,8-9,11H2,1H3/t17-/m0/s1. The quantitative estimate of drug-likeness (QED) is 0.334. The molecule has 3 aromatic rings. The minimum absolute atomic E-state index is 0.113. The van der Waals surface area contributed by atoms with E-state index in [2.05, 4.69) is 9.72 Å². The fourth-order valence-corrected chi connectivity index (χ4v) is 3.75. The number of benzene rings is 2. The second-order valence-corrected chi connectivity index (χ2v) is 8.18.